The number of aryl methyl sites for hydroxylation is 1. The van der Waals surface area contributed by atoms with Crippen LogP contribution in [0.1, 0.15) is 31.0 Å². The van der Waals surface area contributed by atoms with Crippen LogP contribution in [0.5, 0.6) is 0 Å². The average Bonchev–Trinajstić information content (AvgIpc) is 2.89. The summed E-state index contributed by atoms with van der Waals surface area (Å²) in [5.41, 5.74) is 1.68. The van der Waals surface area contributed by atoms with Gasteiger partial charge in [-0.3, -0.25) is 4.68 Å². The predicted octanol–water partition coefficient (Wildman–Crippen LogP) is 3.59. The first-order valence-corrected chi connectivity index (χ1v) is 7.21. The summed E-state index contributed by atoms with van der Waals surface area (Å²) in [5.74, 6) is -0.233. The third-order valence-electron chi connectivity index (χ3n) is 3.23. The molecule has 20 heavy (non-hydrogen) atoms. The quantitative estimate of drug-likeness (QED) is 0.882. The summed E-state index contributed by atoms with van der Waals surface area (Å²) in [6.45, 7) is 5.63. The van der Waals surface area contributed by atoms with Crippen LogP contribution in [0.2, 0.25) is 5.02 Å². The molecule has 1 heterocycles. The van der Waals surface area contributed by atoms with Crippen LogP contribution < -0.4 is 5.32 Å². The van der Waals surface area contributed by atoms with Crippen molar-refractivity contribution in [3.63, 3.8) is 0 Å². The number of halogens is 2. The molecule has 0 aliphatic rings. The van der Waals surface area contributed by atoms with E-state index in [2.05, 4.69) is 10.4 Å². The Balaban J connectivity index is 2.23. The van der Waals surface area contributed by atoms with Gasteiger partial charge in [-0.25, -0.2) is 4.39 Å². The van der Waals surface area contributed by atoms with Crippen molar-refractivity contribution >= 4 is 11.6 Å². The van der Waals surface area contributed by atoms with Crippen LogP contribution in [0.3, 0.4) is 0 Å². The standard InChI is InChI=1S/C15H19ClFN3/c1-3-18-15(7-11-9-19-20(4-2)10-11)13-8-12(16)5-6-14(13)17/h5-6,8-10,15,18H,3-4,7H2,1-2H3. The monoisotopic (exact) mass is 295 g/mol. The molecule has 1 aromatic carbocycles. The fraction of sp³-hybridized carbons (Fsp3) is 0.400. The molecular weight excluding hydrogens is 277 g/mol. The van der Waals surface area contributed by atoms with E-state index in [4.69, 9.17) is 11.6 Å². The molecule has 0 saturated carbocycles. The molecule has 5 heteroatoms. The Morgan fingerprint density at radius 3 is 2.85 bits per heavy atom. The first kappa shape index (κ1) is 15.0. The van der Waals surface area contributed by atoms with Gasteiger partial charge >= 0.3 is 0 Å². The number of aromatic nitrogens is 2. The molecule has 0 saturated heterocycles. The first-order chi connectivity index (χ1) is 9.63. The van der Waals surface area contributed by atoms with Gasteiger partial charge in [0.1, 0.15) is 5.82 Å². The van der Waals surface area contributed by atoms with Gasteiger partial charge in [-0.1, -0.05) is 18.5 Å². The van der Waals surface area contributed by atoms with Gasteiger partial charge in [-0.05, 0) is 43.7 Å². The summed E-state index contributed by atoms with van der Waals surface area (Å²) in [6, 6.07) is 4.57. The number of hydrogen-bond donors (Lipinski definition) is 1. The number of nitrogens with zero attached hydrogens (tertiary/aromatic N) is 2. The molecule has 0 amide bonds. The van der Waals surface area contributed by atoms with Gasteiger partial charge in [-0.2, -0.15) is 5.10 Å². The highest BCUT2D eigenvalue weighted by molar-refractivity contribution is 6.30. The predicted molar refractivity (Wildman–Crippen MR) is 79.4 cm³/mol. The van der Waals surface area contributed by atoms with E-state index in [9.17, 15) is 4.39 Å². The molecular formula is C15H19ClFN3. The normalized spacial score (nSPS) is 12.6. The summed E-state index contributed by atoms with van der Waals surface area (Å²) < 4.78 is 15.9. The summed E-state index contributed by atoms with van der Waals surface area (Å²) in [5, 5.41) is 8.11. The summed E-state index contributed by atoms with van der Waals surface area (Å²) >= 11 is 5.98. The van der Waals surface area contributed by atoms with Gasteiger partial charge in [0.2, 0.25) is 0 Å². The summed E-state index contributed by atoms with van der Waals surface area (Å²) in [6.07, 6.45) is 4.51. The third-order valence-corrected chi connectivity index (χ3v) is 3.47. The maximum atomic E-state index is 14.0. The second-order valence-corrected chi connectivity index (χ2v) is 5.12. The second-order valence-electron chi connectivity index (χ2n) is 4.68. The van der Waals surface area contributed by atoms with Gasteiger partial charge in [0.25, 0.3) is 0 Å². The lowest BCUT2D eigenvalue weighted by molar-refractivity contribution is 0.510. The van der Waals surface area contributed by atoms with Crippen LogP contribution in [0.25, 0.3) is 0 Å². The highest BCUT2D eigenvalue weighted by Crippen LogP contribution is 2.24. The molecule has 0 bridgehead atoms. The molecule has 1 atom stereocenters. The minimum atomic E-state index is -0.233. The van der Waals surface area contributed by atoms with E-state index >= 15 is 0 Å². The minimum Gasteiger partial charge on any atom is -0.310 e. The molecule has 0 aliphatic carbocycles. The summed E-state index contributed by atoms with van der Waals surface area (Å²) in [7, 11) is 0. The maximum absolute atomic E-state index is 14.0. The molecule has 1 unspecified atom stereocenters. The zero-order valence-corrected chi connectivity index (χ0v) is 12.5. The SMILES string of the molecule is CCNC(Cc1cnn(CC)c1)c1cc(Cl)ccc1F. The van der Waals surface area contributed by atoms with Gasteiger partial charge in [0.05, 0.1) is 6.20 Å². The third kappa shape index (κ3) is 3.58. The van der Waals surface area contributed by atoms with Crippen LogP contribution in [0.15, 0.2) is 30.6 Å². The Hall–Kier alpha value is -1.39. The van der Waals surface area contributed by atoms with Crippen molar-refractivity contribution in [1.82, 2.24) is 15.1 Å². The minimum absolute atomic E-state index is 0.104. The molecule has 0 spiro atoms. The van der Waals surface area contributed by atoms with Crippen LogP contribution in [0, 0.1) is 5.82 Å². The van der Waals surface area contributed by atoms with Crippen molar-refractivity contribution in [3.8, 4) is 0 Å². The Morgan fingerprint density at radius 1 is 1.40 bits per heavy atom. The zero-order chi connectivity index (χ0) is 14.5. The molecule has 1 N–H and O–H groups in total. The lowest BCUT2D eigenvalue weighted by atomic mass is 10.00. The second kappa shape index (κ2) is 6.86. The highest BCUT2D eigenvalue weighted by Gasteiger charge is 2.16. The molecule has 0 fully saturated rings. The molecule has 1 aromatic heterocycles. The van der Waals surface area contributed by atoms with Gasteiger partial charge in [0.15, 0.2) is 0 Å². The topological polar surface area (TPSA) is 29.9 Å². The molecule has 2 rings (SSSR count). The van der Waals surface area contributed by atoms with E-state index in [0.29, 0.717) is 17.0 Å². The van der Waals surface area contributed by atoms with Crippen molar-refractivity contribution in [2.75, 3.05) is 6.54 Å². The Kier molecular flexibility index (Phi) is 5.15. The zero-order valence-electron chi connectivity index (χ0n) is 11.7. The maximum Gasteiger partial charge on any atom is 0.128 e. The van der Waals surface area contributed by atoms with Gasteiger partial charge in [-0.15, -0.1) is 0 Å². The van der Waals surface area contributed by atoms with E-state index in [1.165, 1.54) is 6.07 Å². The van der Waals surface area contributed by atoms with E-state index < -0.39 is 0 Å². The van der Waals surface area contributed by atoms with E-state index in [0.717, 1.165) is 18.7 Å². The van der Waals surface area contributed by atoms with E-state index in [1.54, 1.807) is 12.1 Å². The van der Waals surface area contributed by atoms with Crippen molar-refractivity contribution in [2.24, 2.45) is 0 Å². The molecule has 3 nitrogen and oxygen atoms in total. The Bertz CT molecular complexity index is 568. The average molecular weight is 296 g/mol. The number of likely N-dealkylation sites (N-methyl/N-ethyl adjacent to an activating group) is 1. The number of rotatable bonds is 6. The first-order valence-electron chi connectivity index (χ1n) is 6.83. The number of benzene rings is 1. The molecule has 2 aromatic rings. The van der Waals surface area contributed by atoms with Gasteiger partial charge in [0, 0.05) is 29.4 Å². The molecule has 0 aliphatic heterocycles. The number of hydrogen-bond acceptors (Lipinski definition) is 2. The van der Waals surface area contributed by atoms with Crippen molar-refractivity contribution in [2.45, 2.75) is 32.9 Å². The lowest BCUT2D eigenvalue weighted by Gasteiger charge is -2.18. The highest BCUT2D eigenvalue weighted by atomic mass is 35.5. The Morgan fingerprint density at radius 2 is 2.20 bits per heavy atom. The Labute approximate surface area is 123 Å². The number of nitrogens with one attached hydrogen (secondary N) is 1. The van der Waals surface area contributed by atoms with E-state index in [-0.39, 0.29) is 11.9 Å². The van der Waals surface area contributed by atoms with Gasteiger partial charge < -0.3 is 5.32 Å². The van der Waals surface area contributed by atoms with Crippen LogP contribution in [0.4, 0.5) is 4.39 Å². The van der Waals surface area contributed by atoms with Crippen molar-refractivity contribution in [3.05, 3.63) is 52.6 Å². The van der Waals surface area contributed by atoms with Crippen LogP contribution >= 0.6 is 11.6 Å². The molecule has 108 valence electrons. The summed E-state index contributed by atoms with van der Waals surface area (Å²) in [4.78, 5) is 0. The smallest absolute Gasteiger partial charge is 0.128 e. The fourth-order valence-electron chi connectivity index (χ4n) is 2.24. The van der Waals surface area contributed by atoms with Crippen molar-refractivity contribution in [1.29, 1.82) is 0 Å². The largest absolute Gasteiger partial charge is 0.310 e. The van der Waals surface area contributed by atoms with Crippen LogP contribution in [-0.4, -0.2) is 16.3 Å². The fourth-order valence-corrected chi connectivity index (χ4v) is 2.42. The van der Waals surface area contributed by atoms with E-state index in [1.807, 2.05) is 30.9 Å². The van der Waals surface area contributed by atoms with Crippen LogP contribution in [-0.2, 0) is 13.0 Å². The lowest BCUT2D eigenvalue weighted by Crippen LogP contribution is -2.23. The van der Waals surface area contributed by atoms with Crippen molar-refractivity contribution < 1.29 is 4.39 Å². The molecule has 0 radical (unpaired) electrons.